The molecule has 0 atom stereocenters. The predicted octanol–water partition coefficient (Wildman–Crippen LogP) is 2.54. The zero-order valence-corrected chi connectivity index (χ0v) is 16.6. The van der Waals surface area contributed by atoms with Crippen LogP contribution >= 0.6 is 0 Å². The first-order chi connectivity index (χ1) is 13.7. The highest BCUT2D eigenvalue weighted by atomic mass is 15.2. The molecule has 3 aromatic rings. The van der Waals surface area contributed by atoms with E-state index >= 15 is 0 Å². The first-order valence-corrected chi connectivity index (χ1v) is 9.99. The van der Waals surface area contributed by atoms with Crippen molar-refractivity contribution in [2.24, 2.45) is 0 Å². The molecule has 2 N–H and O–H groups in total. The van der Waals surface area contributed by atoms with Gasteiger partial charge in [-0.3, -0.25) is 10.1 Å². The van der Waals surface area contributed by atoms with E-state index in [-0.39, 0.29) is 0 Å². The Labute approximate surface area is 165 Å². The maximum Gasteiger partial charge on any atom is 0.163 e. The molecule has 1 aliphatic rings. The van der Waals surface area contributed by atoms with Crippen molar-refractivity contribution in [3.8, 4) is 11.4 Å². The van der Waals surface area contributed by atoms with Crippen LogP contribution in [0.3, 0.4) is 0 Å². The fraction of sp³-hybridized carbons (Fsp3) is 0.429. The zero-order chi connectivity index (χ0) is 19.3. The molecule has 4 heterocycles. The fourth-order valence-corrected chi connectivity index (χ4v) is 3.67. The van der Waals surface area contributed by atoms with Crippen molar-refractivity contribution in [2.75, 3.05) is 25.0 Å². The maximum atomic E-state index is 4.95. The van der Waals surface area contributed by atoms with Crippen molar-refractivity contribution in [3.05, 3.63) is 53.2 Å². The summed E-state index contributed by atoms with van der Waals surface area (Å²) in [4.78, 5) is 16.3. The van der Waals surface area contributed by atoms with E-state index in [4.69, 9.17) is 9.97 Å². The Kier molecular flexibility index (Phi) is 5.62. The van der Waals surface area contributed by atoms with Crippen molar-refractivity contribution in [1.29, 1.82) is 0 Å². The molecule has 0 aromatic carbocycles. The summed E-state index contributed by atoms with van der Waals surface area (Å²) < 4.78 is 0. The number of rotatable bonds is 6. The van der Waals surface area contributed by atoms with Gasteiger partial charge in [0.25, 0.3) is 0 Å². The first kappa shape index (κ1) is 18.6. The Balaban J connectivity index is 1.69. The van der Waals surface area contributed by atoms with Crippen LogP contribution in [0.15, 0.2) is 30.6 Å². The Morgan fingerprint density at radius 2 is 2.07 bits per heavy atom. The van der Waals surface area contributed by atoms with Crippen LogP contribution in [0, 0.1) is 0 Å². The molecule has 0 radical (unpaired) electrons. The van der Waals surface area contributed by atoms with E-state index in [1.165, 1.54) is 5.56 Å². The number of hydrogen-bond donors (Lipinski definition) is 2. The van der Waals surface area contributed by atoms with Crippen molar-refractivity contribution >= 4 is 5.82 Å². The summed E-state index contributed by atoms with van der Waals surface area (Å²) in [5, 5.41) is 11.1. The summed E-state index contributed by atoms with van der Waals surface area (Å²) in [6.07, 6.45) is 7.55. The third-order valence-corrected chi connectivity index (χ3v) is 5.04. The van der Waals surface area contributed by atoms with E-state index in [2.05, 4.69) is 45.4 Å². The zero-order valence-electron chi connectivity index (χ0n) is 16.6. The molecule has 0 amide bonds. The van der Waals surface area contributed by atoms with Crippen molar-refractivity contribution in [3.63, 3.8) is 0 Å². The lowest BCUT2D eigenvalue weighted by molar-refractivity contribution is 0.708. The van der Waals surface area contributed by atoms with Gasteiger partial charge in [0.2, 0.25) is 0 Å². The van der Waals surface area contributed by atoms with E-state index in [0.29, 0.717) is 0 Å². The molecule has 7 nitrogen and oxygen atoms in total. The monoisotopic (exact) mass is 377 g/mol. The van der Waals surface area contributed by atoms with E-state index < -0.39 is 0 Å². The molecule has 0 spiro atoms. The molecule has 0 fully saturated rings. The minimum atomic E-state index is 0.736. The lowest BCUT2D eigenvalue weighted by Crippen LogP contribution is -2.22. The Bertz CT molecular complexity index is 920. The van der Waals surface area contributed by atoms with Gasteiger partial charge in [0.05, 0.1) is 23.6 Å². The third-order valence-electron chi connectivity index (χ3n) is 5.04. The van der Waals surface area contributed by atoms with Crippen LogP contribution in [-0.2, 0) is 25.8 Å². The molecular formula is C21H27N7. The van der Waals surface area contributed by atoms with Gasteiger partial charge < -0.3 is 10.2 Å². The normalized spacial score (nSPS) is 13.8. The molecule has 0 aliphatic carbocycles. The number of pyridine rings is 1. The van der Waals surface area contributed by atoms with E-state index in [9.17, 15) is 0 Å². The van der Waals surface area contributed by atoms with Gasteiger partial charge in [0.15, 0.2) is 5.82 Å². The van der Waals surface area contributed by atoms with Crippen LogP contribution in [-0.4, -0.2) is 45.3 Å². The second-order valence-corrected chi connectivity index (χ2v) is 7.28. The van der Waals surface area contributed by atoms with Gasteiger partial charge in [0, 0.05) is 43.5 Å². The number of aryl methyl sites for hydroxylation is 1. The van der Waals surface area contributed by atoms with Gasteiger partial charge in [0.1, 0.15) is 5.82 Å². The SMILES string of the molecule is CCCc1cc(CN(C)c2nc(-c3cccnc3)nc3c2CCNCC3)[nH]n1. The van der Waals surface area contributed by atoms with E-state index in [1.807, 2.05) is 18.3 Å². The second kappa shape index (κ2) is 8.48. The number of hydrogen-bond acceptors (Lipinski definition) is 6. The Hall–Kier alpha value is -2.80. The standard InChI is InChI=1S/C21H27N7/c1-3-5-16-12-17(27-26-16)14-28(2)21-18-7-10-22-11-8-19(18)24-20(25-21)15-6-4-9-23-13-15/h4,6,9,12-13,22H,3,5,7-8,10-11,14H2,1-2H3,(H,26,27). The third kappa shape index (κ3) is 4.04. The summed E-state index contributed by atoms with van der Waals surface area (Å²) in [6.45, 7) is 4.80. The lowest BCUT2D eigenvalue weighted by Gasteiger charge is -2.22. The maximum absolute atomic E-state index is 4.95. The number of nitrogens with one attached hydrogen (secondary N) is 2. The Morgan fingerprint density at radius 3 is 2.89 bits per heavy atom. The second-order valence-electron chi connectivity index (χ2n) is 7.28. The number of aromatic amines is 1. The molecule has 4 rings (SSSR count). The Morgan fingerprint density at radius 1 is 1.18 bits per heavy atom. The summed E-state index contributed by atoms with van der Waals surface area (Å²) in [7, 11) is 2.09. The highest BCUT2D eigenvalue weighted by Crippen LogP contribution is 2.27. The van der Waals surface area contributed by atoms with E-state index in [0.717, 1.165) is 79.6 Å². The van der Waals surface area contributed by atoms with Crippen LogP contribution in [0.4, 0.5) is 5.82 Å². The average Bonchev–Trinajstić information content (AvgIpc) is 3.01. The molecule has 3 aromatic heterocycles. The summed E-state index contributed by atoms with van der Waals surface area (Å²) in [6, 6.07) is 6.10. The van der Waals surface area contributed by atoms with Crippen LogP contribution in [0.5, 0.6) is 0 Å². The molecule has 0 saturated heterocycles. The van der Waals surface area contributed by atoms with Gasteiger partial charge in [-0.1, -0.05) is 13.3 Å². The molecule has 146 valence electrons. The van der Waals surface area contributed by atoms with Gasteiger partial charge in [-0.25, -0.2) is 9.97 Å². The minimum Gasteiger partial charge on any atom is -0.353 e. The van der Waals surface area contributed by atoms with Crippen molar-refractivity contribution < 1.29 is 0 Å². The lowest BCUT2D eigenvalue weighted by atomic mass is 10.1. The minimum absolute atomic E-state index is 0.736. The molecule has 0 unspecified atom stereocenters. The summed E-state index contributed by atoms with van der Waals surface area (Å²) in [5.74, 6) is 1.74. The average molecular weight is 377 g/mol. The first-order valence-electron chi connectivity index (χ1n) is 9.99. The molecule has 0 saturated carbocycles. The molecule has 0 bridgehead atoms. The smallest absolute Gasteiger partial charge is 0.163 e. The number of fused-ring (bicyclic) bond motifs is 1. The van der Waals surface area contributed by atoms with Gasteiger partial charge in [-0.05, 0) is 37.6 Å². The van der Waals surface area contributed by atoms with Gasteiger partial charge in [-0.2, -0.15) is 5.10 Å². The van der Waals surface area contributed by atoms with Crippen LogP contribution in [0.1, 0.15) is 36.0 Å². The summed E-state index contributed by atoms with van der Waals surface area (Å²) >= 11 is 0. The highest BCUT2D eigenvalue weighted by molar-refractivity contribution is 5.60. The predicted molar refractivity (Wildman–Crippen MR) is 110 cm³/mol. The topological polar surface area (TPSA) is 82.6 Å². The summed E-state index contributed by atoms with van der Waals surface area (Å²) in [5.41, 5.74) is 5.55. The van der Waals surface area contributed by atoms with Gasteiger partial charge in [-0.15, -0.1) is 0 Å². The van der Waals surface area contributed by atoms with Gasteiger partial charge >= 0.3 is 0 Å². The molecule has 1 aliphatic heterocycles. The highest BCUT2D eigenvalue weighted by Gasteiger charge is 2.20. The quantitative estimate of drug-likeness (QED) is 0.687. The number of anilines is 1. The van der Waals surface area contributed by atoms with E-state index in [1.54, 1.807) is 6.20 Å². The molecule has 7 heteroatoms. The van der Waals surface area contributed by atoms with Crippen LogP contribution in [0.25, 0.3) is 11.4 Å². The largest absolute Gasteiger partial charge is 0.353 e. The van der Waals surface area contributed by atoms with Crippen LogP contribution < -0.4 is 10.2 Å². The van der Waals surface area contributed by atoms with Crippen molar-refractivity contribution in [1.82, 2.24) is 30.5 Å². The number of aromatic nitrogens is 5. The molecular weight excluding hydrogens is 350 g/mol. The number of nitrogens with zero attached hydrogens (tertiary/aromatic N) is 5. The fourth-order valence-electron chi connectivity index (χ4n) is 3.67. The van der Waals surface area contributed by atoms with Crippen molar-refractivity contribution in [2.45, 2.75) is 39.2 Å². The molecule has 28 heavy (non-hydrogen) atoms. The van der Waals surface area contributed by atoms with Crippen LogP contribution in [0.2, 0.25) is 0 Å². The number of H-pyrrole nitrogens is 1.